The first-order chi connectivity index (χ1) is 11.0. The Morgan fingerprint density at radius 3 is 2.29 bits per heavy atom. The van der Waals surface area contributed by atoms with Crippen LogP contribution in [0.15, 0.2) is 56.7 Å². The number of halogens is 1. The molecule has 1 N–H and O–H groups in total. The molecule has 0 saturated heterocycles. The van der Waals surface area contributed by atoms with Gasteiger partial charge in [-0.25, -0.2) is 9.20 Å². The number of methoxy groups -OCH3 is 2. The standard InChI is InChI=1S/C16H17N3O3S.ClH/c1-21-13-9-12-15(10-14(13)22-2)23(3,20)19-16(18-12)17-11-7-5-4-6-8-11;/h4-10H,1-3H3,(H,17,18,19,20);1H. The molecule has 8 heteroatoms. The van der Waals surface area contributed by atoms with Gasteiger partial charge in [0, 0.05) is 24.1 Å². The maximum Gasteiger partial charge on any atom is 0.236 e. The monoisotopic (exact) mass is 367 g/mol. The van der Waals surface area contributed by atoms with Crippen molar-refractivity contribution in [1.29, 1.82) is 0 Å². The van der Waals surface area contributed by atoms with Gasteiger partial charge >= 0.3 is 0 Å². The second-order valence-corrected chi connectivity index (χ2v) is 7.22. The lowest BCUT2D eigenvalue weighted by molar-refractivity contribution is 0.354. The summed E-state index contributed by atoms with van der Waals surface area (Å²) in [5.74, 6) is 1.35. The average Bonchev–Trinajstić information content (AvgIpc) is 2.54. The van der Waals surface area contributed by atoms with Crippen LogP contribution in [0.1, 0.15) is 0 Å². The molecule has 0 aromatic heterocycles. The van der Waals surface area contributed by atoms with Gasteiger partial charge in [0.15, 0.2) is 11.5 Å². The second-order valence-electron chi connectivity index (χ2n) is 5.00. The predicted molar refractivity (Wildman–Crippen MR) is 98.7 cm³/mol. The van der Waals surface area contributed by atoms with E-state index in [-0.39, 0.29) is 12.4 Å². The van der Waals surface area contributed by atoms with E-state index in [2.05, 4.69) is 14.7 Å². The second kappa shape index (κ2) is 7.11. The maximum atomic E-state index is 12.9. The number of aliphatic imine (C=N–C) groups is 1. The first-order valence-corrected chi connectivity index (χ1v) is 8.85. The van der Waals surface area contributed by atoms with Gasteiger partial charge in [-0.05, 0) is 12.1 Å². The smallest absolute Gasteiger partial charge is 0.236 e. The van der Waals surface area contributed by atoms with Gasteiger partial charge in [-0.15, -0.1) is 12.4 Å². The first-order valence-electron chi connectivity index (χ1n) is 6.92. The van der Waals surface area contributed by atoms with Crippen LogP contribution in [0.3, 0.4) is 0 Å². The molecular formula is C16H18ClN3O3S. The normalized spacial score (nSPS) is 18.4. The van der Waals surface area contributed by atoms with Crippen LogP contribution < -0.4 is 14.8 Å². The van der Waals surface area contributed by atoms with Crippen molar-refractivity contribution in [2.75, 3.05) is 25.8 Å². The number of nitrogens with one attached hydrogen (secondary N) is 1. The van der Waals surface area contributed by atoms with Gasteiger partial charge in [-0.3, -0.25) is 0 Å². The van der Waals surface area contributed by atoms with Crippen LogP contribution in [0.4, 0.5) is 11.4 Å². The fourth-order valence-electron chi connectivity index (χ4n) is 2.29. The Balaban J connectivity index is 0.00000208. The molecule has 1 heterocycles. The van der Waals surface area contributed by atoms with Crippen molar-refractivity contribution in [3.63, 3.8) is 0 Å². The maximum absolute atomic E-state index is 12.9. The number of rotatable bonds is 3. The molecular weight excluding hydrogens is 350 g/mol. The summed E-state index contributed by atoms with van der Waals surface area (Å²) in [7, 11) is 0.461. The molecule has 0 radical (unpaired) electrons. The molecule has 1 aliphatic rings. The molecule has 2 aromatic carbocycles. The van der Waals surface area contributed by atoms with Gasteiger partial charge in [0.1, 0.15) is 0 Å². The van der Waals surface area contributed by atoms with Gasteiger partial charge in [-0.1, -0.05) is 18.2 Å². The highest BCUT2D eigenvalue weighted by atomic mass is 35.5. The highest BCUT2D eigenvalue weighted by Gasteiger charge is 2.22. The Labute approximate surface area is 147 Å². The summed E-state index contributed by atoms with van der Waals surface area (Å²) in [6, 6.07) is 12.9. The van der Waals surface area contributed by atoms with Gasteiger partial charge in [-0.2, -0.15) is 4.36 Å². The Morgan fingerprint density at radius 2 is 1.67 bits per heavy atom. The van der Waals surface area contributed by atoms with E-state index in [1.54, 1.807) is 25.5 Å². The third-order valence-corrected chi connectivity index (χ3v) is 5.05. The highest BCUT2D eigenvalue weighted by Crippen LogP contribution is 2.39. The molecule has 2 aromatic rings. The Hall–Kier alpha value is -2.25. The topological polar surface area (TPSA) is 72.3 Å². The van der Waals surface area contributed by atoms with Crippen LogP contribution in [0.5, 0.6) is 11.5 Å². The van der Waals surface area contributed by atoms with Crippen molar-refractivity contribution in [1.82, 2.24) is 0 Å². The van der Waals surface area contributed by atoms with E-state index in [0.29, 0.717) is 28.0 Å². The van der Waals surface area contributed by atoms with E-state index in [9.17, 15) is 4.21 Å². The first kappa shape index (κ1) is 18.1. The van der Waals surface area contributed by atoms with Crippen molar-refractivity contribution in [2.24, 2.45) is 9.36 Å². The molecule has 0 bridgehead atoms. The number of guanidine groups is 1. The summed E-state index contributed by atoms with van der Waals surface area (Å²) >= 11 is 0. The fourth-order valence-corrected chi connectivity index (χ4v) is 3.62. The van der Waals surface area contributed by atoms with Crippen molar-refractivity contribution in [3.8, 4) is 11.5 Å². The zero-order valence-electron chi connectivity index (χ0n) is 13.5. The Morgan fingerprint density at radius 1 is 1.04 bits per heavy atom. The summed E-state index contributed by atoms with van der Waals surface area (Å²) < 4.78 is 27.7. The van der Waals surface area contributed by atoms with E-state index in [0.717, 1.165) is 5.69 Å². The lowest BCUT2D eigenvalue weighted by atomic mass is 10.2. The fraction of sp³-hybridized carbons (Fsp3) is 0.188. The van der Waals surface area contributed by atoms with Gasteiger partial charge in [0.2, 0.25) is 5.96 Å². The summed E-state index contributed by atoms with van der Waals surface area (Å²) in [6.07, 6.45) is 1.58. The van der Waals surface area contributed by atoms with Gasteiger partial charge in [0.05, 0.1) is 34.5 Å². The lowest BCUT2D eigenvalue weighted by Gasteiger charge is -2.18. The molecule has 6 nitrogen and oxygen atoms in total. The van der Waals surface area contributed by atoms with Crippen molar-refractivity contribution >= 4 is 39.5 Å². The summed E-state index contributed by atoms with van der Waals surface area (Å²) in [5.41, 5.74) is 1.39. The van der Waals surface area contributed by atoms with Crippen LogP contribution in [-0.2, 0) is 9.73 Å². The summed E-state index contributed by atoms with van der Waals surface area (Å²) in [5, 5.41) is 3.08. The van der Waals surface area contributed by atoms with Gasteiger partial charge < -0.3 is 14.8 Å². The highest BCUT2D eigenvalue weighted by molar-refractivity contribution is 7.93. The molecule has 0 amide bonds. The molecule has 1 unspecified atom stereocenters. The van der Waals surface area contributed by atoms with E-state index in [4.69, 9.17) is 9.47 Å². The molecule has 1 atom stereocenters. The van der Waals surface area contributed by atoms with E-state index >= 15 is 0 Å². The number of nitrogens with zero attached hydrogens (tertiary/aromatic N) is 2. The van der Waals surface area contributed by atoms with Crippen LogP contribution in [0.25, 0.3) is 0 Å². The summed E-state index contributed by atoms with van der Waals surface area (Å²) in [4.78, 5) is 4.98. The van der Waals surface area contributed by atoms with Crippen molar-refractivity contribution < 1.29 is 13.7 Å². The van der Waals surface area contributed by atoms with E-state index in [1.807, 2.05) is 30.3 Å². The third kappa shape index (κ3) is 3.47. The number of hydrogen-bond acceptors (Lipinski definition) is 6. The number of para-hydroxylation sites is 1. The Bertz CT molecular complexity index is 891. The van der Waals surface area contributed by atoms with Crippen LogP contribution >= 0.6 is 12.4 Å². The number of fused-ring (bicyclic) bond motifs is 1. The molecule has 0 saturated carbocycles. The summed E-state index contributed by atoms with van der Waals surface area (Å²) in [6.45, 7) is 0. The Kier molecular flexibility index (Phi) is 5.36. The number of anilines is 1. The van der Waals surface area contributed by atoms with Crippen LogP contribution in [0.2, 0.25) is 0 Å². The minimum absolute atomic E-state index is 0. The quantitative estimate of drug-likeness (QED) is 0.897. The molecule has 1 aliphatic heterocycles. The van der Waals surface area contributed by atoms with E-state index in [1.165, 1.54) is 7.11 Å². The predicted octanol–water partition coefficient (Wildman–Crippen LogP) is 3.70. The zero-order valence-corrected chi connectivity index (χ0v) is 15.1. The zero-order chi connectivity index (χ0) is 16.4. The SMILES string of the molecule is COc1cc2c(cc1OC)S(C)(=O)=NC(Nc1ccccc1)=N2.Cl. The minimum atomic E-state index is -2.62. The third-order valence-electron chi connectivity index (χ3n) is 3.39. The van der Waals surface area contributed by atoms with Gasteiger partial charge in [0.25, 0.3) is 0 Å². The number of benzene rings is 2. The molecule has 128 valence electrons. The molecule has 24 heavy (non-hydrogen) atoms. The van der Waals surface area contributed by atoms with Crippen molar-refractivity contribution in [3.05, 3.63) is 42.5 Å². The number of hydrogen-bond donors (Lipinski definition) is 1. The lowest BCUT2D eigenvalue weighted by Crippen LogP contribution is -2.16. The minimum Gasteiger partial charge on any atom is -0.493 e. The molecule has 0 aliphatic carbocycles. The van der Waals surface area contributed by atoms with Crippen molar-refractivity contribution in [2.45, 2.75) is 4.90 Å². The average molecular weight is 368 g/mol. The van der Waals surface area contributed by atoms with E-state index < -0.39 is 9.73 Å². The van der Waals surface area contributed by atoms with Crippen LogP contribution in [-0.4, -0.2) is 30.6 Å². The molecule has 0 spiro atoms. The largest absolute Gasteiger partial charge is 0.493 e. The number of ether oxygens (including phenoxy) is 2. The van der Waals surface area contributed by atoms with Crippen LogP contribution in [0, 0.1) is 0 Å². The molecule has 3 rings (SSSR count). The molecule has 0 fully saturated rings.